The minimum atomic E-state index is -3.71. The number of sulfonamides is 1. The number of nitrogens with two attached hydrogens (primary N) is 1. The fourth-order valence-electron chi connectivity index (χ4n) is 3.67. The van der Waals surface area contributed by atoms with Crippen LogP contribution in [0, 0.1) is 11.8 Å². The van der Waals surface area contributed by atoms with E-state index in [1.807, 2.05) is 0 Å². The third kappa shape index (κ3) is 5.78. The molecule has 0 saturated heterocycles. The number of ether oxygens (including phenoxy) is 2. The number of carbonyl (C=O) groups excluding carboxylic acids is 2. The zero-order valence-electron chi connectivity index (χ0n) is 17.9. The number of hydrogen-bond acceptors (Lipinski definition) is 7. The molecule has 1 fully saturated rings. The molecular weight excluding hydrogens is 454 g/mol. The summed E-state index contributed by atoms with van der Waals surface area (Å²) < 4.78 is 38.0. The summed E-state index contributed by atoms with van der Waals surface area (Å²) in [5.41, 5.74) is 5.77. The molecule has 1 aliphatic rings. The Balaban J connectivity index is 1.50. The van der Waals surface area contributed by atoms with Crippen molar-refractivity contribution in [2.24, 2.45) is 17.6 Å². The van der Waals surface area contributed by atoms with Gasteiger partial charge in [0.05, 0.1) is 29.7 Å². The summed E-state index contributed by atoms with van der Waals surface area (Å²) in [6.07, 6.45) is 2.80. The summed E-state index contributed by atoms with van der Waals surface area (Å²) in [5, 5.41) is 4.32. The number of anilines is 1. The molecule has 3 rings (SSSR count). The Morgan fingerprint density at radius 1 is 1.12 bits per heavy atom. The number of carbonyl (C=O) groups is 2. The van der Waals surface area contributed by atoms with E-state index in [1.54, 1.807) is 25.3 Å². The van der Waals surface area contributed by atoms with Gasteiger partial charge < -0.3 is 20.5 Å². The maximum atomic E-state index is 12.7. The molecule has 0 unspecified atom stereocenters. The largest absolute Gasteiger partial charge is 0.497 e. The molecule has 174 valence electrons. The van der Waals surface area contributed by atoms with Gasteiger partial charge in [-0.3, -0.25) is 9.59 Å². The quantitative estimate of drug-likeness (QED) is 0.503. The van der Waals surface area contributed by atoms with E-state index >= 15 is 0 Å². The second-order valence-electron chi connectivity index (χ2n) is 7.64. The van der Waals surface area contributed by atoms with Crippen LogP contribution in [0.15, 0.2) is 34.5 Å². The lowest BCUT2D eigenvalue weighted by Gasteiger charge is -2.28. The lowest BCUT2D eigenvalue weighted by Crippen LogP contribution is -2.33. The van der Waals surface area contributed by atoms with Crippen LogP contribution < -0.4 is 25.2 Å². The van der Waals surface area contributed by atoms with Crippen molar-refractivity contribution in [1.29, 1.82) is 0 Å². The van der Waals surface area contributed by atoms with Crippen LogP contribution in [0.5, 0.6) is 11.5 Å². The van der Waals surface area contributed by atoms with Crippen molar-refractivity contribution >= 4 is 38.9 Å². The van der Waals surface area contributed by atoms with E-state index in [2.05, 4.69) is 10.0 Å². The molecule has 1 saturated carbocycles. The average Bonchev–Trinajstić information content (AvgIpc) is 3.30. The van der Waals surface area contributed by atoms with Gasteiger partial charge in [-0.25, -0.2) is 13.1 Å². The highest BCUT2D eigenvalue weighted by Gasteiger charge is 2.28. The van der Waals surface area contributed by atoms with Crippen molar-refractivity contribution in [3.05, 3.63) is 34.5 Å². The predicted octanol–water partition coefficient (Wildman–Crippen LogP) is 2.59. The zero-order valence-corrected chi connectivity index (χ0v) is 19.6. The van der Waals surface area contributed by atoms with Gasteiger partial charge in [-0.2, -0.15) is 0 Å². The van der Waals surface area contributed by atoms with E-state index in [1.165, 1.54) is 18.6 Å². The number of primary amides is 1. The molecule has 0 bridgehead atoms. The topological polar surface area (TPSA) is 137 Å². The molecule has 2 aromatic rings. The third-order valence-electron chi connectivity index (χ3n) is 5.57. The second kappa shape index (κ2) is 10.3. The summed E-state index contributed by atoms with van der Waals surface area (Å²) in [6, 6.07) is 6.48. The number of thiophene rings is 1. The molecule has 1 aliphatic carbocycles. The number of nitrogens with one attached hydrogen (secondary N) is 2. The Morgan fingerprint density at radius 3 is 2.44 bits per heavy atom. The summed E-state index contributed by atoms with van der Waals surface area (Å²) >= 11 is 1.00. The van der Waals surface area contributed by atoms with Crippen molar-refractivity contribution in [3.63, 3.8) is 0 Å². The van der Waals surface area contributed by atoms with Gasteiger partial charge in [0.15, 0.2) is 0 Å². The number of hydrogen-bond donors (Lipinski definition) is 3. The average molecular weight is 482 g/mol. The standard InChI is InChI=1S/C21H27N3O6S2/c1-29-15-7-8-17(18(9-15)30-2)24-21(26)14-5-3-13(4-6-14)11-23-32(27,28)16-10-19(20(22)25)31-12-16/h7-10,12-14,23H,3-6,11H2,1-2H3,(H2,22,25)(H,24,26). The van der Waals surface area contributed by atoms with E-state index in [9.17, 15) is 18.0 Å². The van der Waals surface area contributed by atoms with Crippen LogP contribution in [-0.4, -0.2) is 41.0 Å². The molecule has 1 aromatic heterocycles. The smallest absolute Gasteiger partial charge is 0.258 e. The Morgan fingerprint density at radius 2 is 1.84 bits per heavy atom. The molecular formula is C21H27N3O6S2. The highest BCUT2D eigenvalue weighted by Crippen LogP contribution is 2.33. The van der Waals surface area contributed by atoms with Gasteiger partial charge in [0.2, 0.25) is 15.9 Å². The van der Waals surface area contributed by atoms with Crippen LogP contribution in [0.3, 0.4) is 0 Å². The molecule has 32 heavy (non-hydrogen) atoms. The number of benzene rings is 1. The fraction of sp³-hybridized carbons (Fsp3) is 0.429. The molecule has 11 heteroatoms. The Kier molecular flexibility index (Phi) is 7.75. The van der Waals surface area contributed by atoms with Crippen LogP contribution in [-0.2, 0) is 14.8 Å². The molecule has 4 N–H and O–H groups in total. The Hall–Kier alpha value is -2.63. The monoisotopic (exact) mass is 481 g/mol. The highest BCUT2D eigenvalue weighted by molar-refractivity contribution is 7.89. The van der Waals surface area contributed by atoms with Crippen molar-refractivity contribution in [1.82, 2.24) is 4.72 Å². The van der Waals surface area contributed by atoms with E-state index in [0.29, 0.717) is 30.0 Å². The van der Waals surface area contributed by atoms with Crippen LogP contribution in [0.1, 0.15) is 35.4 Å². The van der Waals surface area contributed by atoms with E-state index in [-0.39, 0.29) is 34.1 Å². The summed E-state index contributed by atoms with van der Waals surface area (Å²) in [4.78, 5) is 24.1. The zero-order chi connectivity index (χ0) is 23.3. The van der Waals surface area contributed by atoms with Gasteiger partial charge in [-0.05, 0) is 49.8 Å². The van der Waals surface area contributed by atoms with Gasteiger partial charge >= 0.3 is 0 Å². The first-order chi connectivity index (χ1) is 15.2. The lowest BCUT2D eigenvalue weighted by atomic mass is 9.81. The maximum Gasteiger partial charge on any atom is 0.258 e. The van der Waals surface area contributed by atoms with Gasteiger partial charge in [0.25, 0.3) is 5.91 Å². The second-order valence-corrected chi connectivity index (χ2v) is 10.3. The fourth-order valence-corrected chi connectivity index (χ4v) is 5.91. The summed E-state index contributed by atoms with van der Waals surface area (Å²) in [5.74, 6) is 0.415. The number of amides is 2. The van der Waals surface area contributed by atoms with Crippen molar-refractivity contribution in [3.8, 4) is 11.5 Å². The van der Waals surface area contributed by atoms with Gasteiger partial charge in [-0.1, -0.05) is 0 Å². The minimum absolute atomic E-state index is 0.0396. The lowest BCUT2D eigenvalue weighted by molar-refractivity contribution is -0.121. The minimum Gasteiger partial charge on any atom is -0.497 e. The van der Waals surface area contributed by atoms with Crippen LogP contribution in [0.2, 0.25) is 0 Å². The summed E-state index contributed by atoms with van der Waals surface area (Å²) in [6.45, 7) is 0.282. The van der Waals surface area contributed by atoms with Gasteiger partial charge in [-0.15, -0.1) is 11.3 Å². The van der Waals surface area contributed by atoms with Gasteiger partial charge in [0.1, 0.15) is 11.5 Å². The molecule has 0 atom stereocenters. The first-order valence-electron chi connectivity index (χ1n) is 10.1. The number of rotatable bonds is 9. The summed E-state index contributed by atoms with van der Waals surface area (Å²) in [7, 11) is -0.618. The van der Waals surface area contributed by atoms with Crippen LogP contribution in [0.4, 0.5) is 5.69 Å². The molecule has 1 aromatic carbocycles. The first-order valence-corrected chi connectivity index (χ1v) is 12.5. The molecule has 2 amide bonds. The molecule has 0 radical (unpaired) electrons. The Labute approximate surface area is 191 Å². The van der Waals surface area contributed by atoms with Crippen molar-refractivity contribution < 1.29 is 27.5 Å². The van der Waals surface area contributed by atoms with Gasteiger partial charge in [0, 0.05) is 23.9 Å². The predicted molar refractivity (Wildman–Crippen MR) is 122 cm³/mol. The van der Waals surface area contributed by atoms with Crippen molar-refractivity contribution in [2.75, 3.05) is 26.1 Å². The van der Waals surface area contributed by atoms with Crippen LogP contribution >= 0.6 is 11.3 Å². The normalized spacial score (nSPS) is 18.7. The highest BCUT2D eigenvalue weighted by atomic mass is 32.2. The molecule has 0 spiro atoms. The Bertz CT molecular complexity index is 1070. The van der Waals surface area contributed by atoms with E-state index in [4.69, 9.17) is 15.2 Å². The van der Waals surface area contributed by atoms with Crippen molar-refractivity contribution in [2.45, 2.75) is 30.6 Å². The maximum absolute atomic E-state index is 12.7. The first kappa shape index (κ1) is 24.0. The molecule has 0 aliphatic heterocycles. The molecule has 9 nitrogen and oxygen atoms in total. The van der Waals surface area contributed by atoms with E-state index in [0.717, 1.165) is 24.2 Å². The molecule has 1 heterocycles. The number of methoxy groups -OCH3 is 2. The van der Waals surface area contributed by atoms with E-state index < -0.39 is 15.9 Å². The van der Waals surface area contributed by atoms with Crippen LogP contribution in [0.25, 0.3) is 0 Å². The third-order valence-corrected chi connectivity index (χ3v) is 8.07. The SMILES string of the molecule is COc1ccc(NC(=O)C2CCC(CNS(=O)(=O)c3csc(C(N)=O)c3)CC2)c(OC)c1.